The normalized spacial score (nSPS) is 15.1. The van der Waals surface area contributed by atoms with E-state index in [2.05, 4.69) is 9.88 Å². The molecule has 0 aliphatic carbocycles. The fourth-order valence-corrected chi connectivity index (χ4v) is 3.48. The third-order valence-corrected chi connectivity index (χ3v) is 4.86. The number of anilines is 1. The van der Waals surface area contributed by atoms with Gasteiger partial charge in [0.05, 0.1) is 4.92 Å². The van der Waals surface area contributed by atoms with Crippen molar-refractivity contribution < 1.29 is 10.0 Å². The van der Waals surface area contributed by atoms with E-state index in [1.807, 2.05) is 6.07 Å². The van der Waals surface area contributed by atoms with Gasteiger partial charge in [0, 0.05) is 38.9 Å². The van der Waals surface area contributed by atoms with E-state index in [1.54, 1.807) is 41.3 Å². The Morgan fingerprint density at radius 2 is 1.89 bits per heavy atom. The predicted octanol–water partition coefficient (Wildman–Crippen LogP) is 1.63. The third-order valence-electron chi connectivity index (χ3n) is 4.86. The van der Waals surface area contributed by atoms with Crippen molar-refractivity contribution in [2.75, 3.05) is 31.1 Å². The molecule has 0 unspecified atom stereocenters. The molecule has 1 aliphatic heterocycles. The number of benzene rings is 1. The van der Waals surface area contributed by atoms with Crippen LogP contribution in [0.25, 0.3) is 5.65 Å². The van der Waals surface area contributed by atoms with Crippen LogP contribution in [0, 0.1) is 10.1 Å². The highest BCUT2D eigenvalue weighted by Gasteiger charge is 2.29. The van der Waals surface area contributed by atoms with Crippen LogP contribution in [0.2, 0.25) is 0 Å². The highest BCUT2D eigenvalue weighted by atomic mass is 16.6. The van der Waals surface area contributed by atoms with Gasteiger partial charge in [0.15, 0.2) is 0 Å². The Bertz CT molecular complexity index is 1090. The Morgan fingerprint density at radius 3 is 2.61 bits per heavy atom. The van der Waals surface area contributed by atoms with Crippen LogP contribution in [0.1, 0.15) is 5.56 Å². The van der Waals surface area contributed by atoms with Crippen LogP contribution < -0.4 is 10.5 Å². The Morgan fingerprint density at radius 1 is 1.11 bits per heavy atom. The average Bonchev–Trinajstić information content (AvgIpc) is 2.68. The fraction of sp³-hybridized carbons (Fsp3) is 0.263. The molecule has 1 aromatic carbocycles. The lowest BCUT2D eigenvalue weighted by molar-refractivity contribution is -0.385. The van der Waals surface area contributed by atoms with E-state index < -0.39 is 16.2 Å². The van der Waals surface area contributed by atoms with Gasteiger partial charge in [-0.1, -0.05) is 18.2 Å². The van der Waals surface area contributed by atoms with E-state index in [4.69, 9.17) is 0 Å². The largest absolute Gasteiger partial charge is 0.508 e. The molecule has 1 fully saturated rings. The zero-order valence-corrected chi connectivity index (χ0v) is 15.1. The molecule has 0 spiro atoms. The number of hydrogen-bond donors (Lipinski definition) is 1. The molecule has 2 aromatic heterocycles. The second-order valence-corrected chi connectivity index (χ2v) is 6.71. The molecule has 0 amide bonds. The molecular weight excluding hydrogens is 362 g/mol. The number of aromatic hydroxyl groups is 1. The van der Waals surface area contributed by atoms with E-state index in [-0.39, 0.29) is 11.6 Å². The van der Waals surface area contributed by atoms with E-state index >= 15 is 0 Å². The number of pyridine rings is 1. The highest BCUT2D eigenvalue weighted by molar-refractivity contribution is 5.61. The minimum absolute atomic E-state index is 0.123. The number of phenols is 1. The fourth-order valence-electron chi connectivity index (χ4n) is 3.48. The molecule has 1 saturated heterocycles. The summed E-state index contributed by atoms with van der Waals surface area (Å²) in [5.74, 6) is 0.353. The molecule has 0 atom stereocenters. The molecule has 4 rings (SSSR count). The van der Waals surface area contributed by atoms with Crippen LogP contribution >= 0.6 is 0 Å². The number of nitrogens with zero attached hydrogens (tertiary/aromatic N) is 5. The maximum absolute atomic E-state index is 12.6. The summed E-state index contributed by atoms with van der Waals surface area (Å²) in [6.07, 6.45) is 1.48. The summed E-state index contributed by atoms with van der Waals surface area (Å²) >= 11 is 0. The quantitative estimate of drug-likeness (QED) is 0.541. The molecule has 144 valence electrons. The molecule has 3 heterocycles. The van der Waals surface area contributed by atoms with Gasteiger partial charge in [-0.2, -0.15) is 0 Å². The lowest BCUT2D eigenvalue weighted by atomic mass is 10.2. The zero-order valence-electron chi connectivity index (χ0n) is 15.1. The second-order valence-electron chi connectivity index (χ2n) is 6.71. The van der Waals surface area contributed by atoms with Gasteiger partial charge >= 0.3 is 11.2 Å². The summed E-state index contributed by atoms with van der Waals surface area (Å²) in [7, 11) is 0. The van der Waals surface area contributed by atoms with E-state index in [0.29, 0.717) is 38.4 Å². The summed E-state index contributed by atoms with van der Waals surface area (Å²) < 4.78 is 1.19. The minimum atomic E-state index is -0.673. The van der Waals surface area contributed by atoms with E-state index in [0.717, 1.165) is 5.56 Å². The topological polar surface area (TPSA) is 104 Å². The Hall–Kier alpha value is -3.46. The minimum Gasteiger partial charge on any atom is -0.508 e. The Balaban J connectivity index is 1.57. The summed E-state index contributed by atoms with van der Waals surface area (Å²) in [5.41, 5.74) is 0.217. The van der Waals surface area contributed by atoms with Crippen LogP contribution in [0.15, 0.2) is 53.5 Å². The molecule has 1 N–H and O–H groups in total. The number of piperazine rings is 1. The number of aromatic nitrogens is 2. The summed E-state index contributed by atoms with van der Waals surface area (Å²) in [5, 5.41) is 21.2. The SMILES string of the molecule is O=c1c([N+](=O)[O-])c(N2CCN(Cc3cccc(O)c3)CC2)nc2ccccn12. The highest BCUT2D eigenvalue weighted by Crippen LogP contribution is 2.24. The molecule has 1 aliphatic rings. The van der Waals surface area contributed by atoms with Crippen molar-refractivity contribution in [3.8, 4) is 5.75 Å². The third kappa shape index (κ3) is 3.39. The number of hydrogen-bond acceptors (Lipinski definition) is 7. The van der Waals surface area contributed by atoms with Crippen molar-refractivity contribution in [3.63, 3.8) is 0 Å². The first kappa shape index (κ1) is 17.9. The van der Waals surface area contributed by atoms with Gasteiger partial charge < -0.3 is 10.0 Å². The number of rotatable bonds is 4. The average molecular weight is 381 g/mol. The zero-order chi connectivity index (χ0) is 19.7. The van der Waals surface area contributed by atoms with Crippen LogP contribution in [0.3, 0.4) is 0 Å². The first-order chi connectivity index (χ1) is 13.5. The van der Waals surface area contributed by atoms with Crippen molar-refractivity contribution >= 4 is 17.2 Å². The lowest BCUT2D eigenvalue weighted by Crippen LogP contribution is -2.47. The van der Waals surface area contributed by atoms with Crippen molar-refractivity contribution in [2.45, 2.75) is 6.54 Å². The summed E-state index contributed by atoms with van der Waals surface area (Å²) in [6.45, 7) is 3.06. The van der Waals surface area contributed by atoms with Crippen LogP contribution in [-0.4, -0.2) is 50.5 Å². The molecular formula is C19H19N5O4. The predicted molar refractivity (Wildman–Crippen MR) is 104 cm³/mol. The molecule has 9 heteroatoms. The van der Waals surface area contributed by atoms with Gasteiger partial charge in [0.1, 0.15) is 11.4 Å². The number of phenolic OH excluding ortho intramolecular Hbond substituents is 1. The smallest absolute Gasteiger partial charge is 0.376 e. The standard InChI is InChI=1S/C19H19N5O4/c25-15-5-3-4-14(12-15)13-21-8-10-22(11-9-21)18-17(24(27)28)19(26)23-7-2-1-6-16(23)20-18/h1-7,12,25H,8-11,13H2. The van der Waals surface area contributed by atoms with Crippen molar-refractivity contribution in [1.29, 1.82) is 0 Å². The van der Waals surface area contributed by atoms with Gasteiger partial charge in [-0.3, -0.25) is 24.2 Å². The first-order valence-corrected chi connectivity index (χ1v) is 8.94. The van der Waals surface area contributed by atoms with Gasteiger partial charge in [-0.15, -0.1) is 0 Å². The van der Waals surface area contributed by atoms with Crippen molar-refractivity contribution in [1.82, 2.24) is 14.3 Å². The van der Waals surface area contributed by atoms with E-state index in [1.165, 1.54) is 10.6 Å². The van der Waals surface area contributed by atoms with Gasteiger partial charge in [0.25, 0.3) is 0 Å². The first-order valence-electron chi connectivity index (χ1n) is 8.94. The lowest BCUT2D eigenvalue weighted by Gasteiger charge is -2.35. The van der Waals surface area contributed by atoms with Crippen molar-refractivity contribution in [2.24, 2.45) is 0 Å². The maximum Gasteiger partial charge on any atom is 0.376 e. The van der Waals surface area contributed by atoms with Gasteiger partial charge in [-0.05, 0) is 29.8 Å². The molecule has 28 heavy (non-hydrogen) atoms. The second kappa shape index (κ2) is 7.28. The maximum atomic E-state index is 12.6. The van der Waals surface area contributed by atoms with Crippen LogP contribution in [0.4, 0.5) is 11.5 Å². The number of nitro groups is 1. The molecule has 3 aromatic rings. The molecule has 0 saturated carbocycles. The van der Waals surface area contributed by atoms with Crippen LogP contribution in [0.5, 0.6) is 5.75 Å². The molecule has 0 radical (unpaired) electrons. The molecule has 9 nitrogen and oxygen atoms in total. The molecule has 0 bridgehead atoms. The van der Waals surface area contributed by atoms with Crippen molar-refractivity contribution in [3.05, 3.63) is 74.7 Å². The van der Waals surface area contributed by atoms with E-state index in [9.17, 15) is 20.0 Å². The van der Waals surface area contributed by atoms with Gasteiger partial charge in [-0.25, -0.2) is 4.98 Å². The van der Waals surface area contributed by atoms with Gasteiger partial charge in [0.2, 0.25) is 5.82 Å². The number of fused-ring (bicyclic) bond motifs is 1. The van der Waals surface area contributed by atoms with Crippen LogP contribution in [-0.2, 0) is 6.54 Å². The summed E-state index contributed by atoms with van der Waals surface area (Å²) in [4.78, 5) is 31.9. The Labute approximate surface area is 160 Å². The monoisotopic (exact) mass is 381 g/mol. The summed E-state index contributed by atoms with van der Waals surface area (Å²) in [6, 6.07) is 12.1. The Kier molecular flexibility index (Phi) is 4.66.